The van der Waals surface area contributed by atoms with E-state index in [0.717, 1.165) is 24.9 Å². The third-order valence-electron chi connectivity index (χ3n) is 2.23. The van der Waals surface area contributed by atoms with E-state index in [0.29, 0.717) is 6.61 Å². The molecular weight excluding hydrogens is 214 g/mol. The van der Waals surface area contributed by atoms with E-state index in [2.05, 4.69) is 15.3 Å². The van der Waals surface area contributed by atoms with Crippen LogP contribution in [0, 0.1) is 5.92 Å². The highest BCUT2D eigenvalue weighted by molar-refractivity contribution is 6.28. The molecule has 5 heteroatoms. The van der Waals surface area contributed by atoms with Gasteiger partial charge in [0.25, 0.3) is 0 Å². The van der Waals surface area contributed by atoms with Crippen molar-refractivity contribution in [1.82, 2.24) is 9.97 Å². The lowest BCUT2D eigenvalue weighted by molar-refractivity contribution is 0.134. The number of halogens is 1. The van der Waals surface area contributed by atoms with Gasteiger partial charge in [0.05, 0.1) is 6.61 Å². The van der Waals surface area contributed by atoms with E-state index < -0.39 is 0 Å². The highest BCUT2D eigenvalue weighted by Crippen LogP contribution is 2.28. The first-order chi connectivity index (χ1) is 7.34. The van der Waals surface area contributed by atoms with Gasteiger partial charge in [0, 0.05) is 19.3 Å². The van der Waals surface area contributed by atoms with Crippen molar-refractivity contribution in [1.29, 1.82) is 0 Å². The van der Waals surface area contributed by atoms with Crippen molar-refractivity contribution >= 4 is 17.4 Å². The molecule has 1 aliphatic carbocycles. The molecule has 0 amide bonds. The van der Waals surface area contributed by atoms with Crippen molar-refractivity contribution in [2.24, 2.45) is 5.92 Å². The Morgan fingerprint density at radius 2 is 2.40 bits per heavy atom. The Bertz CT molecular complexity index is 317. The molecule has 0 saturated heterocycles. The van der Waals surface area contributed by atoms with Crippen LogP contribution < -0.4 is 5.32 Å². The summed E-state index contributed by atoms with van der Waals surface area (Å²) in [6, 6.07) is 1.78. The fourth-order valence-corrected chi connectivity index (χ4v) is 1.37. The molecule has 4 nitrogen and oxygen atoms in total. The lowest BCUT2D eigenvalue weighted by Gasteiger charge is -2.05. The molecule has 0 atom stereocenters. The smallest absolute Gasteiger partial charge is 0.224 e. The van der Waals surface area contributed by atoms with Crippen molar-refractivity contribution in [2.75, 3.05) is 25.1 Å². The van der Waals surface area contributed by atoms with Gasteiger partial charge in [-0.15, -0.1) is 0 Å². The quantitative estimate of drug-likeness (QED) is 0.596. The molecule has 1 N–H and O–H groups in total. The van der Waals surface area contributed by atoms with E-state index in [-0.39, 0.29) is 5.28 Å². The largest absolute Gasteiger partial charge is 0.379 e. The molecule has 1 aromatic rings. The van der Waals surface area contributed by atoms with Crippen LogP contribution in [0.4, 0.5) is 5.82 Å². The van der Waals surface area contributed by atoms with Crippen molar-refractivity contribution in [3.63, 3.8) is 0 Å². The zero-order valence-corrected chi connectivity index (χ0v) is 9.20. The Morgan fingerprint density at radius 1 is 1.53 bits per heavy atom. The first-order valence-corrected chi connectivity index (χ1v) is 5.52. The summed E-state index contributed by atoms with van der Waals surface area (Å²) in [4.78, 5) is 7.80. The zero-order valence-electron chi connectivity index (χ0n) is 8.45. The predicted octanol–water partition coefficient (Wildman–Crippen LogP) is 1.97. The Labute approximate surface area is 94.0 Å². The van der Waals surface area contributed by atoms with Gasteiger partial charge >= 0.3 is 0 Å². The Morgan fingerprint density at radius 3 is 3.13 bits per heavy atom. The van der Waals surface area contributed by atoms with Crippen molar-refractivity contribution in [2.45, 2.75) is 12.8 Å². The first-order valence-electron chi connectivity index (χ1n) is 5.15. The molecule has 1 fully saturated rings. The molecule has 0 unspecified atom stereocenters. The second-order valence-corrected chi connectivity index (χ2v) is 3.99. The van der Waals surface area contributed by atoms with E-state index in [4.69, 9.17) is 16.3 Å². The topological polar surface area (TPSA) is 47.0 Å². The van der Waals surface area contributed by atoms with Crippen LogP contribution in [0.1, 0.15) is 12.8 Å². The van der Waals surface area contributed by atoms with E-state index in [1.807, 2.05) is 0 Å². The number of nitrogens with one attached hydrogen (secondary N) is 1. The fraction of sp³-hybridized carbons (Fsp3) is 0.600. The number of nitrogens with zero attached hydrogens (tertiary/aromatic N) is 2. The van der Waals surface area contributed by atoms with Gasteiger partial charge in [-0.1, -0.05) is 0 Å². The number of rotatable bonds is 6. The van der Waals surface area contributed by atoms with Crippen LogP contribution in [-0.4, -0.2) is 29.7 Å². The van der Waals surface area contributed by atoms with E-state index >= 15 is 0 Å². The van der Waals surface area contributed by atoms with Gasteiger partial charge in [-0.3, -0.25) is 0 Å². The Balaban J connectivity index is 1.60. The summed E-state index contributed by atoms with van der Waals surface area (Å²) in [6.45, 7) is 2.35. The summed E-state index contributed by atoms with van der Waals surface area (Å²) < 4.78 is 5.47. The number of hydrogen-bond donors (Lipinski definition) is 1. The fourth-order valence-electron chi connectivity index (χ4n) is 1.22. The minimum Gasteiger partial charge on any atom is -0.379 e. The maximum absolute atomic E-state index is 5.64. The predicted molar refractivity (Wildman–Crippen MR) is 59.1 cm³/mol. The molecule has 1 aliphatic rings. The van der Waals surface area contributed by atoms with Gasteiger partial charge in [0.2, 0.25) is 5.28 Å². The lowest BCUT2D eigenvalue weighted by Crippen LogP contribution is -2.11. The summed E-state index contributed by atoms with van der Waals surface area (Å²) in [5, 5.41) is 3.38. The van der Waals surface area contributed by atoms with Crippen LogP contribution in [0.15, 0.2) is 12.3 Å². The minimum absolute atomic E-state index is 0.263. The van der Waals surface area contributed by atoms with E-state index in [1.54, 1.807) is 12.3 Å². The number of hydrogen-bond acceptors (Lipinski definition) is 4. The molecule has 0 aliphatic heterocycles. The number of aromatic nitrogens is 2. The van der Waals surface area contributed by atoms with Crippen LogP contribution in [0.25, 0.3) is 0 Å². The van der Waals surface area contributed by atoms with Crippen LogP contribution >= 0.6 is 11.6 Å². The average Bonchev–Trinajstić information content (AvgIpc) is 3.01. The van der Waals surface area contributed by atoms with Crippen LogP contribution in [0.3, 0.4) is 0 Å². The van der Waals surface area contributed by atoms with Gasteiger partial charge in [0.1, 0.15) is 5.82 Å². The standard InChI is InChI=1S/C10H14ClN3O/c11-10-13-4-3-9(14-10)12-5-6-15-7-8-1-2-8/h3-4,8H,1-2,5-7H2,(H,12,13,14). The van der Waals surface area contributed by atoms with Crippen molar-refractivity contribution in [3.05, 3.63) is 17.5 Å². The molecule has 0 bridgehead atoms. The normalized spacial score (nSPS) is 15.3. The van der Waals surface area contributed by atoms with Crippen LogP contribution in [0.2, 0.25) is 5.28 Å². The highest BCUT2D eigenvalue weighted by atomic mass is 35.5. The number of anilines is 1. The molecule has 1 heterocycles. The summed E-state index contributed by atoms with van der Waals surface area (Å²) in [5.74, 6) is 1.56. The monoisotopic (exact) mass is 227 g/mol. The van der Waals surface area contributed by atoms with Gasteiger partial charge in [-0.2, -0.15) is 0 Å². The minimum atomic E-state index is 0.263. The number of ether oxygens (including phenoxy) is 1. The van der Waals surface area contributed by atoms with Gasteiger partial charge in [-0.05, 0) is 36.4 Å². The molecule has 1 saturated carbocycles. The summed E-state index contributed by atoms with van der Waals surface area (Å²) in [5.41, 5.74) is 0. The first kappa shape index (κ1) is 10.6. The molecule has 15 heavy (non-hydrogen) atoms. The molecule has 0 aromatic carbocycles. The SMILES string of the molecule is Clc1nccc(NCCOCC2CC2)n1. The third kappa shape index (κ3) is 4.01. The van der Waals surface area contributed by atoms with Crippen molar-refractivity contribution in [3.8, 4) is 0 Å². The Hall–Kier alpha value is -0.870. The maximum atomic E-state index is 5.64. The van der Waals surface area contributed by atoms with E-state index in [9.17, 15) is 0 Å². The molecular formula is C10H14ClN3O. The highest BCUT2D eigenvalue weighted by Gasteiger charge is 2.20. The average molecular weight is 228 g/mol. The molecule has 2 rings (SSSR count). The summed E-state index contributed by atoms with van der Waals surface area (Å²) >= 11 is 5.64. The third-order valence-corrected chi connectivity index (χ3v) is 2.41. The second-order valence-electron chi connectivity index (χ2n) is 3.66. The van der Waals surface area contributed by atoms with Crippen molar-refractivity contribution < 1.29 is 4.74 Å². The molecule has 1 aromatic heterocycles. The zero-order chi connectivity index (χ0) is 10.5. The molecule has 0 spiro atoms. The molecule has 82 valence electrons. The van der Waals surface area contributed by atoms with E-state index in [1.165, 1.54) is 12.8 Å². The van der Waals surface area contributed by atoms with Crippen LogP contribution in [0.5, 0.6) is 0 Å². The summed E-state index contributed by atoms with van der Waals surface area (Å²) in [7, 11) is 0. The van der Waals surface area contributed by atoms with Crippen LogP contribution in [-0.2, 0) is 4.74 Å². The summed E-state index contributed by atoms with van der Waals surface area (Å²) in [6.07, 6.45) is 4.28. The molecule has 0 radical (unpaired) electrons. The Kier molecular flexibility index (Phi) is 3.75. The van der Waals surface area contributed by atoms with Gasteiger partial charge < -0.3 is 10.1 Å². The maximum Gasteiger partial charge on any atom is 0.224 e. The van der Waals surface area contributed by atoms with Gasteiger partial charge in [0.15, 0.2) is 0 Å². The lowest BCUT2D eigenvalue weighted by atomic mass is 10.5. The van der Waals surface area contributed by atoms with Gasteiger partial charge in [-0.25, -0.2) is 9.97 Å². The second kappa shape index (κ2) is 5.28.